The van der Waals surface area contributed by atoms with Gasteiger partial charge in [-0.15, -0.1) is 0 Å². The van der Waals surface area contributed by atoms with E-state index in [-0.39, 0.29) is 31.2 Å². The first-order chi connectivity index (χ1) is 32.8. The molecule has 0 aliphatic carbocycles. The van der Waals surface area contributed by atoms with Crippen LogP contribution in [0, 0.1) is 107 Å². The number of anilines is 6. The van der Waals surface area contributed by atoms with E-state index >= 15 is 70.2 Å². The highest BCUT2D eigenvalue weighted by Crippen LogP contribution is 2.53. The summed E-state index contributed by atoms with van der Waals surface area (Å²) < 4.78 is 417. The molecule has 0 bridgehead atoms. The average molecular weight is 1080 g/mol. The van der Waals surface area contributed by atoms with Gasteiger partial charge in [-0.1, -0.05) is 6.07 Å². The van der Waals surface area contributed by atoms with Gasteiger partial charge >= 0.3 is 24.7 Å². The van der Waals surface area contributed by atoms with Crippen LogP contribution in [0.4, 0.5) is 157 Å². The van der Waals surface area contributed by atoms with Crippen LogP contribution in [-0.4, -0.2) is 0 Å². The van der Waals surface area contributed by atoms with Gasteiger partial charge in [-0.2, -0.15) is 52.7 Å². The van der Waals surface area contributed by atoms with Gasteiger partial charge in [-0.3, -0.25) is 9.80 Å². The zero-order valence-corrected chi connectivity index (χ0v) is 33.9. The minimum absolute atomic E-state index is 0.104. The number of rotatable bonds is 7. The highest BCUT2D eigenvalue weighted by atomic mass is 19.4. The van der Waals surface area contributed by atoms with Gasteiger partial charge in [0.15, 0.2) is 93.1 Å². The number of hydrogen-bond acceptors (Lipinski definition) is 2. The van der Waals surface area contributed by atoms with Gasteiger partial charge in [0, 0.05) is 16.9 Å². The summed E-state index contributed by atoms with van der Waals surface area (Å²) in [5.41, 5.74) is -34.9. The Hall–Kier alpha value is -7.04. The first kappa shape index (κ1) is 54.3. The Morgan fingerprint density at radius 2 is 0.528 bits per heavy atom. The summed E-state index contributed by atoms with van der Waals surface area (Å²) >= 11 is 0. The van der Waals surface area contributed by atoms with Crippen molar-refractivity contribution in [1.29, 1.82) is 0 Å². The molecule has 0 aliphatic heterocycles. The monoisotopic (exact) mass is 1080 g/mol. The highest BCUT2D eigenvalue weighted by molar-refractivity contribution is 5.89. The van der Waals surface area contributed by atoms with Gasteiger partial charge in [0.25, 0.3) is 0 Å². The van der Waals surface area contributed by atoms with E-state index in [2.05, 4.69) is 0 Å². The molecule has 0 atom stereocenters. The molecular weight excluding hydrogens is 1060 g/mol. The molecule has 0 saturated carbocycles. The molecule has 0 aromatic heterocycles. The molecule has 6 rings (SSSR count). The summed E-state index contributed by atoms with van der Waals surface area (Å²) in [6.07, 6.45) is -25.2. The van der Waals surface area contributed by atoms with Crippen LogP contribution < -0.4 is 9.80 Å². The zero-order valence-electron chi connectivity index (χ0n) is 33.9. The van der Waals surface area contributed by atoms with Crippen LogP contribution in [0.3, 0.4) is 0 Å². The van der Waals surface area contributed by atoms with Crippen molar-refractivity contribution in [2.45, 2.75) is 38.6 Å². The third kappa shape index (κ3) is 8.88. The van der Waals surface area contributed by atoms with Crippen LogP contribution in [0.2, 0.25) is 0 Å². The topological polar surface area (TPSA) is 6.48 Å². The number of nitrogens with zero attached hydrogens (tertiary/aromatic N) is 2. The minimum atomic E-state index is -6.57. The molecule has 0 saturated heterocycles. The van der Waals surface area contributed by atoms with Gasteiger partial charge in [-0.25, -0.2) is 70.2 Å². The third-order valence-corrected chi connectivity index (χ3v) is 10.1. The summed E-state index contributed by atoms with van der Waals surface area (Å²) in [6.45, 7) is 0.952. The molecule has 386 valence electrons. The Balaban J connectivity index is 1.99. The average Bonchev–Trinajstić information content (AvgIpc) is 3.25. The lowest BCUT2D eigenvalue weighted by Gasteiger charge is -2.32. The minimum Gasteiger partial charge on any atom is -0.299 e. The van der Waals surface area contributed by atoms with Crippen LogP contribution >= 0.6 is 0 Å². The van der Waals surface area contributed by atoms with Gasteiger partial charge in [0.1, 0.15) is 39.4 Å². The number of halogens is 28. The Morgan fingerprint density at radius 1 is 0.278 bits per heavy atom. The van der Waals surface area contributed by atoms with Crippen LogP contribution in [-0.2, 0) is 24.7 Å². The van der Waals surface area contributed by atoms with Crippen LogP contribution in [0.1, 0.15) is 33.4 Å². The molecule has 0 unspecified atom stereocenters. The SMILES string of the molecule is Cc1cc(-c2cc(N(c3c(F)c(F)c(C)c(F)c3F)c3c(F)c(F)c(C(F)(F)F)c(F)c3F)cc(N(c3c(F)c(F)c(C(F)(F)F)c(F)c3F)c3c(F)c(F)c(C(F)(F)F)c(F)c3F)c2)cc(C(F)(F)F)c1. The third-order valence-electron chi connectivity index (χ3n) is 10.1. The van der Waals surface area contributed by atoms with Gasteiger partial charge in [-0.05, 0) is 60.9 Å². The Bertz CT molecular complexity index is 3040. The van der Waals surface area contributed by atoms with E-state index in [9.17, 15) is 52.7 Å². The van der Waals surface area contributed by atoms with Crippen molar-refractivity contribution in [3.8, 4) is 11.1 Å². The van der Waals surface area contributed by atoms with E-state index in [1.165, 1.54) is 0 Å². The fraction of sp³-hybridized carbons (Fsp3) is 0.143. The summed E-state index contributed by atoms with van der Waals surface area (Å²) in [7, 11) is 0. The lowest BCUT2D eigenvalue weighted by atomic mass is 9.97. The maximum atomic E-state index is 16.1. The van der Waals surface area contributed by atoms with Crippen molar-refractivity contribution in [2.75, 3.05) is 9.80 Å². The second-order valence-corrected chi connectivity index (χ2v) is 14.7. The lowest BCUT2D eigenvalue weighted by molar-refractivity contribution is -0.144. The predicted octanol–water partition coefficient (Wildman–Crippen LogP) is 17.2. The van der Waals surface area contributed by atoms with Crippen molar-refractivity contribution in [1.82, 2.24) is 0 Å². The molecule has 0 spiro atoms. The quantitative estimate of drug-likeness (QED) is 0.116. The van der Waals surface area contributed by atoms with E-state index in [0.29, 0.717) is 6.07 Å². The van der Waals surface area contributed by atoms with Crippen molar-refractivity contribution in [3.05, 3.63) is 163 Å². The zero-order chi connectivity index (χ0) is 54.7. The van der Waals surface area contributed by atoms with Gasteiger partial charge in [0.2, 0.25) is 0 Å². The van der Waals surface area contributed by atoms with Crippen LogP contribution in [0.25, 0.3) is 11.1 Å². The molecule has 0 radical (unpaired) electrons. The molecule has 0 fully saturated rings. The van der Waals surface area contributed by atoms with Crippen molar-refractivity contribution >= 4 is 34.1 Å². The van der Waals surface area contributed by atoms with Crippen LogP contribution in [0.5, 0.6) is 0 Å². The number of hydrogen-bond donors (Lipinski definition) is 0. The fourth-order valence-electron chi connectivity index (χ4n) is 7.00. The molecule has 0 heterocycles. The molecule has 0 aliphatic rings. The van der Waals surface area contributed by atoms with E-state index in [4.69, 9.17) is 0 Å². The number of benzene rings is 6. The van der Waals surface area contributed by atoms with Gasteiger partial charge in [0.05, 0.1) is 5.56 Å². The van der Waals surface area contributed by atoms with Crippen molar-refractivity contribution in [3.63, 3.8) is 0 Å². The summed E-state index contributed by atoms with van der Waals surface area (Å²) in [5, 5.41) is 0. The first-order valence-corrected chi connectivity index (χ1v) is 18.3. The van der Waals surface area contributed by atoms with Crippen molar-refractivity contribution < 1.29 is 123 Å². The van der Waals surface area contributed by atoms with Crippen LogP contribution in [0.15, 0.2) is 36.4 Å². The second-order valence-electron chi connectivity index (χ2n) is 14.7. The largest absolute Gasteiger partial charge is 0.422 e. The summed E-state index contributed by atoms with van der Waals surface area (Å²) in [6, 6.07) is -0.492. The second kappa shape index (κ2) is 17.9. The Kier molecular flexibility index (Phi) is 13.5. The van der Waals surface area contributed by atoms with E-state index in [1.807, 2.05) is 0 Å². The normalized spacial score (nSPS) is 12.6. The maximum absolute atomic E-state index is 16.1. The van der Waals surface area contributed by atoms with E-state index in [0.717, 1.165) is 6.92 Å². The lowest BCUT2D eigenvalue weighted by Crippen LogP contribution is -2.25. The molecular formula is C42H12F28N2. The summed E-state index contributed by atoms with van der Waals surface area (Å²) in [4.78, 5) is -2.84. The van der Waals surface area contributed by atoms with E-state index < -0.39 is 212 Å². The molecule has 0 amide bonds. The Morgan fingerprint density at radius 3 is 0.778 bits per heavy atom. The Labute approximate surface area is 379 Å². The molecule has 6 aromatic carbocycles. The molecule has 2 nitrogen and oxygen atoms in total. The fourth-order valence-corrected chi connectivity index (χ4v) is 7.00. The molecule has 72 heavy (non-hydrogen) atoms. The molecule has 30 heteroatoms. The number of alkyl halides is 12. The summed E-state index contributed by atoms with van der Waals surface area (Å²) in [5.74, 6) is -55.5. The first-order valence-electron chi connectivity index (χ1n) is 18.3. The van der Waals surface area contributed by atoms with Crippen molar-refractivity contribution in [2.24, 2.45) is 0 Å². The molecule has 6 aromatic rings. The number of aryl methyl sites for hydroxylation is 1. The maximum Gasteiger partial charge on any atom is 0.422 e. The van der Waals surface area contributed by atoms with Gasteiger partial charge < -0.3 is 0 Å². The highest BCUT2D eigenvalue weighted by Gasteiger charge is 2.48. The van der Waals surface area contributed by atoms with E-state index in [1.54, 1.807) is 0 Å². The standard InChI is InChI=1S/C42H12F28N2/c1-9-3-11(5-13(4-9)39(59,60)61)12-6-14(71(35-27(51)19(43)10(2)20(44)28(35)52)36-29(53)21(45)16(40(62,63)64)22(46)30(36)54)8-15(7-12)72(37-31(55)23(47)17(41(65,66)67)24(48)32(37)56)38-33(57)25(49)18(42(68,69)70)26(50)34(38)58/h3-8H,1-2H3. The molecule has 0 N–H and O–H groups in total. The predicted molar refractivity (Wildman–Crippen MR) is 190 cm³/mol. The smallest absolute Gasteiger partial charge is 0.299 e.